The average Bonchev–Trinajstić information content (AvgIpc) is 2.88. The fraction of sp³-hybridized carbons (Fsp3) is 0.471. The molecule has 0 bridgehead atoms. The molecule has 3 heteroatoms. The first kappa shape index (κ1) is 14.8. The number of nitrogens with zero attached hydrogens (tertiary/aromatic N) is 2. The number of aromatic nitrogens is 2. The molecule has 0 aliphatic heterocycles. The van der Waals surface area contributed by atoms with Gasteiger partial charge in [-0.1, -0.05) is 50.6 Å². The molecule has 0 aliphatic rings. The molecule has 0 fully saturated rings. The van der Waals surface area contributed by atoms with E-state index in [4.69, 9.17) is 0 Å². The van der Waals surface area contributed by atoms with Crippen LogP contribution in [-0.2, 0) is 18.6 Å². The van der Waals surface area contributed by atoms with Crippen molar-refractivity contribution < 1.29 is 5.11 Å². The molecule has 1 N–H and O–H groups in total. The molecule has 0 amide bonds. The number of benzene rings is 1. The van der Waals surface area contributed by atoms with Crippen LogP contribution >= 0.6 is 0 Å². The Morgan fingerprint density at radius 2 is 1.90 bits per heavy atom. The second-order valence-corrected chi connectivity index (χ2v) is 5.36. The molecule has 1 aromatic heterocycles. The molecule has 2 rings (SSSR count). The summed E-state index contributed by atoms with van der Waals surface area (Å²) in [6, 6.07) is 9.95. The van der Waals surface area contributed by atoms with E-state index in [2.05, 4.69) is 23.4 Å². The first-order valence-corrected chi connectivity index (χ1v) is 7.47. The number of hydrogen-bond acceptors (Lipinski definition) is 2. The Morgan fingerprint density at radius 3 is 2.55 bits per heavy atom. The molecule has 2 aromatic rings. The number of imidazole rings is 1. The van der Waals surface area contributed by atoms with E-state index in [-0.39, 0.29) is 0 Å². The first-order valence-electron chi connectivity index (χ1n) is 7.47. The second kappa shape index (κ2) is 6.71. The van der Waals surface area contributed by atoms with Crippen LogP contribution in [0.4, 0.5) is 0 Å². The normalized spacial score (nSPS) is 14.2. The van der Waals surface area contributed by atoms with Gasteiger partial charge >= 0.3 is 0 Å². The molecular formula is C17H24N2O. The third-order valence-electron chi connectivity index (χ3n) is 3.69. The zero-order valence-electron chi connectivity index (χ0n) is 12.4. The number of rotatable bonds is 7. The molecule has 0 saturated carbocycles. The van der Waals surface area contributed by atoms with Crippen LogP contribution in [0, 0.1) is 0 Å². The van der Waals surface area contributed by atoms with Crippen LogP contribution in [-0.4, -0.2) is 14.7 Å². The van der Waals surface area contributed by atoms with Crippen LogP contribution in [0.15, 0.2) is 42.7 Å². The quantitative estimate of drug-likeness (QED) is 0.837. The lowest BCUT2D eigenvalue weighted by molar-refractivity contribution is 0.0241. The van der Waals surface area contributed by atoms with E-state index in [0.29, 0.717) is 6.42 Å². The van der Waals surface area contributed by atoms with Gasteiger partial charge in [-0.2, -0.15) is 0 Å². The first-order chi connectivity index (χ1) is 9.69. The van der Waals surface area contributed by atoms with Crippen molar-refractivity contribution in [3.63, 3.8) is 0 Å². The van der Waals surface area contributed by atoms with Crippen molar-refractivity contribution in [1.82, 2.24) is 9.55 Å². The molecule has 0 aliphatic carbocycles. The Hall–Kier alpha value is -1.61. The number of aliphatic hydroxyl groups is 1. The average molecular weight is 272 g/mol. The summed E-state index contributed by atoms with van der Waals surface area (Å²) in [5.74, 6) is 0.964. The molecule has 3 nitrogen and oxygen atoms in total. The van der Waals surface area contributed by atoms with Gasteiger partial charge in [0.05, 0.1) is 5.60 Å². The predicted octanol–water partition coefficient (Wildman–Crippen LogP) is 3.52. The highest BCUT2D eigenvalue weighted by Gasteiger charge is 2.30. The van der Waals surface area contributed by atoms with Gasteiger partial charge in [-0.15, -0.1) is 0 Å². The highest BCUT2D eigenvalue weighted by molar-refractivity contribution is 5.23. The predicted molar refractivity (Wildman–Crippen MR) is 81.5 cm³/mol. The van der Waals surface area contributed by atoms with Crippen LogP contribution in [0.1, 0.15) is 44.5 Å². The van der Waals surface area contributed by atoms with E-state index in [1.807, 2.05) is 42.7 Å². The van der Waals surface area contributed by atoms with Crippen LogP contribution in [0.5, 0.6) is 0 Å². The standard InChI is InChI=1S/C17H24N2O/c1-3-10-17(20,15-8-6-5-7-9-15)14-16-18-11-13-19(16)12-4-2/h5-9,11,13,20H,3-4,10,12,14H2,1-2H3. The lowest BCUT2D eigenvalue weighted by Crippen LogP contribution is -2.30. The van der Waals surface area contributed by atoms with Gasteiger partial charge in [-0.05, 0) is 18.4 Å². The van der Waals surface area contributed by atoms with E-state index in [9.17, 15) is 5.11 Å². The summed E-state index contributed by atoms with van der Waals surface area (Å²) < 4.78 is 2.14. The molecule has 0 radical (unpaired) electrons. The summed E-state index contributed by atoms with van der Waals surface area (Å²) in [5, 5.41) is 11.1. The van der Waals surface area contributed by atoms with E-state index in [1.165, 1.54) is 0 Å². The second-order valence-electron chi connectivity index (χ2n) is 5.36. The number of hydrogen-bond donors (Lipinski definition) is 1. The van der Waals surface area contributed by atoms with Gasteiger partial charge in [0, 0.05) is 25.4 Å². The Labute approximate surface area is 121 Å². The monoisotopic (exact) mass is 272 g/mol. The Morgan fingerprint density at radius 1 is 1.15 bits per heavy atom. The highest BCUT2D eigenvalue weighted by Crippen LogP contribution is 2.30. The topological polar surface area (TPSA) is 38.0 Å². The van der Waals surface area contributed by atoms with Gasteiger partial charge in [0.2, 0.25) is 0 Å². The zero-order chi connectivity index (χ0) is 14.4. The molecule has 20 heavy (non-hydrogen) atoms. The van der Waals surface area contributed by atoms with E-state index < -0.39 is 5.60 Å². The maximum absolute atomic E-state index is 11.1. The lowest BCUT2D eigenvalue weighted by atomic mass is 9.86. The number of aryl methyl sites for hydroxylation is 1. The summed E-state index contributed by atoms with van der Waals surface area (Å²) in [4.78, 5) is 4.43. The van der Waals surface area contributed by atoms with Crippen molar-refractivity contribution in [2.75, 3.05) is 0 Å². The molecule has 0 spiro atoms. The lowest BCUT2D eigenvalue weighted by Gasteiger charge is -2.28. The zero-order valence-corrected chi connectivity index (χ0v) is 12.4. The highest BCUT2D eigenvalue weighted by atomic mass is 16.3. The summed E-state index contributed by atoms with van der Waals surface area (Å²) in [6.07, 6.45) is 7.15. The third kappa shape index (κ3) is 3.28. The summed E-state index contributed by atoms with van der Waals surface area (Å²) in [5.41, 5.74) is 0.153. The molecule has 1 atom stereocenters. The minimum absolute atomic E-state index is 0.567. The largest absolute Gasteiger partial charge is 0.385 e. The van der Waals surface area contributed by atoms with Crippen LogP contribution in [0.2, 0.25) is 0 Å². The fourth-order valence-corrected chi connectivity index (χ4v) is 2.71. The van der Waals surface area contributed by atoms with Gasteiger partial charge < -0.3 is 9.67 Å². The Balaban J connectivity index is 2.27. The van der Waals surface area contributed by atoms with E-state index in [1.54, 1.807) is 0 Å². The van der Waals surface area contributed by atoms with Gasteiger partial charge in [0.1, 0.15) is 5.82 Å². The SMILES string of the molecule is CCCn1ccnc1CC(O)(CCC)c1ccccc1. The van der Waals surface area contributed by atoms with E-state index >= 15 is 0 Å². The van der Waals surface area contributed by atoms with Crippen molar-refractivity contribution in [3.8, 4) is 0 Å². The Bertz CT molecular complexity index is 521. The molecule has 108 valence electrons. The Kier molecular flexibility index (Phi) is 4.96. The summed E-state index contributed by atoms with van der Waals surface area (Å²) >= 11 is 0. The minimum Gasteiger partial charge on any atom is -0.385 e. The molecule has 1 unspecified atom stereocenters. The van der Waals surface area contributed by atoms with Crippen LogP contribution in [0.25, 0.3) is 0 Å². The van der Waals surface area contributed by atoms with Gasteiger partial charge in [-0.25, -0.2) is 4.98 Å². The van der Waals surface area contributed by atoms with Crippen molar-refractivity contribution >= 4 is 0 Å². The van der Waals surface area contributed by atoms with Crippen LogP contribution < -0.4 is 0 Å². The van der Waals surface area contributed by atoms with Crippen molar-refractivity contribution in [2.24, 2.45) is 0 Å². The van der Waals surface area contributed by atoms with Crippen LogP contribution in [0.3, 0.4) is 0 Å². The van der Waals surface area contributed by atoms with Crippen molar-refractivity contribution in [1.29, 1.82) is 0 Å². The summed E-state index contributed by atoms with van der Waals surface area (Å²) in [7, 11) is 0. The minimum atomic E-state index is -0.827. The van der Waals surface area contributed by atoms with E-state index in [0.717, 1.165) is 37.2 Å². The summed E-state index contributed by atoms with van der Waals surface area (Å²) in [6.45, 7) is 5.21. The van der Waals surface area contributed by atoms with Gasteiger partial charge in [-0.3, -0.25) is 0 Å². The molecular weight excluding hydrogens is 248 g/mol. The smallest absolute Gasteiger partial charge is 0.111 e. The molecule has 1 heterocycles. The maximum Gasteiger partial charge on any atom is 0.111 e. The van der Waals surface area contributed by atoms with Crippen molar-refractivity contribution in [3.05, 3.63) is 54.1 Å². The molecule has 0 saturated heterocycles. The molecule has 1 aromatic carbocycles. The maximum atomic E-state index is 11.1. The fourth-order valence-electron chi connectivity index (χ4n) is 2.71. The third-order valence-corrected chi connectivity index (χ3v) is 3.69. The van der Waals surface area contributed by atoms with Gasteiger partial charge in [0.15, 0.2) is 0 Å². The van der Waals surface area contributed by atoms with Crippen molar-refractivity contribution in [2.45, 2.75) is 51.7 Å². The van der Waals surface area contributed by atoms with Gasteiger partial charge in [0.25, 0.3) is 0 Å².